The molecule has 0 aliphatic heterocycles. The van der Waals surface area contributed by atoms with Gasteiger partial charge in [-0.15, -0.1) is 0 Å². The Labute approximate surface area is 111 Å². The minimum absolute atomic E-state index is 0.109. The topological polar surface area (TPSA) is 38.7 Å². The summed E-state index contributed by atoms with van der Waals surface area (Å²) in [6, 6.07) is 11.2. The lowest BCUT2D eigenvalue weighted by Gasteiger charge is -2.12. The van der Waals surface area contributed by atoms with E-state index >= 15 is 0 Å². The van der Waals surface area contributed by atoms with Crippen LogP contribution in [0.5, 0.6) is 11.5 Å². The molecule has 0 aliphatic rings. The highest BCUT2D eigenvalue weighted by molar-refractivity contribution is 5.75. The first-order valence-electron chi connectivity index (χ1n) is 5.92. The van der Waals surface area contributed by atoms with Crippen molar-refractivity contribution in [2.45, 2.75) is 0 Å². The largest absolute Gasteiger partial charge is 0.507 e. The van der Waals surface area contributed by atoms with Crippen molar-refractivity contribution in [2.75, 3.05) is 20.3 Å². The van der Waals surface area contributed by atoms with E-state index in [1.807, 2.05) is 18.2 Å². The molecule has 0 fully saturated rings. The van der Waals surface area contributed by atoms with E-state index in [0.717, 1.165) is 11.6 Å². The van der Waals surface area contributed by atoms with Crippen molar-refractivity contribution in [3.63, 3.8) is 0 Å². The molecule has 0 radical (unpaired) electrons. The molecule has 1 N–H and O–H groups in total. The number of aromatic hydroxyl groups is 1. The zero-order chi connectivity index (χ0) is 13.7. The van der Waals surface area contributed by atoms with E-state index in [4.69, 9.17) is 9.47 Å². The first kappa shape index (κ1) is 13.4. The van der Waals surface area contributed by atoms with Crippen LogP contribution in [0.2, 0.25) is 0 Å². The molecule has 0 saturated heterocycles. The maximum absolute atomic E-state index is 13.0. The quantitative estimate of drug-likeness (QED) is 0.841. The first-order chi connectivity index (χ1) is 9.22. The second-order valence-corrected chi connectivity index (χ2v) is 4.00. The minimum Gasteiger partial charge on any atom is -0.507 e. The average molecular weight is 262 g/mol. The molecule has 4 heteroatoms. The molecule has 100 valence electrons. The normalized spacial score (nSPS) is 10.4. The number of hydrogen-bond acceptors (Lipinski definition) is 3. The van der Waals surface area contributed by atoms with Crippen molar-refractivity contribution in [1.82, 2.24) is 0 Å². The summed E-state index contributed by atoms with van der Waals surface area (Å²) in [4.78, 5) is 0. The maximum Gasteiger partial charge on any atom is 0.127 e. The Bertz CT molecular complexity index is 555. The molecule has 2 aromatic rings. The molecular formula is C15H15FO3. The molecular weight excluding hydrogens is 247 g/mol. The predicted molar refractivity (Wildman–Crippen MR) is 70.9 cm³/mol. The van der Waals surface area contributed by atoms with Gasteiger partial charge in [-0.1, -0.05) is 18.2 Å². The van der Waals surface area contributed by atoms with Gasteiger partial charge < -0.3 is 14.6 Å². The zero-order valence-electron chi connectivity index (χ0n) is 10.6. The first-order valence-corrected chi connectivity index (χ1v) is 5.92. The second-order valence-electron chi connectivity index (χ2n) is 4.00. The van der Waals surface area contributed by atoms with Gasteiger partial charge in [0.15, 0.2) is 0 Å². The Morgan fingerprint density at radius 2 is 1.84 bits per heavy atom. The summed E-state index contributed by atoms with van der Waals surface area (Å²) >= 11 is 0. The van der Waals surface area contributed by atoms with Crippen LogP contribution in [-0.4, -0.2) is 25.4 Å². The van der Waals surface area contributed by atoms with Gasteiger partial charge in [0.25, 0.3) is 0 Å². The third-order valence-corrected chi connectivity index (χ3v) is 2.68. The van der Waals surface area contributed by atoms with Crippen LogP contribution in [0, 0.1) is 5.82 Å². The van der Waals surface area contributed by atoms with Crippen LogP contribution in [-0.2, 0) is 4.74 Å². The summed E-state index contributed by atoms with van der Waals surface area (Å²) in [7, 11) is 1.60. The molecule has 0 aromatic heterocycles. The predicted octanol–water partition coefficient (Wildman–Crippen LogP) is 3.22. The third-order valence-electron chi connectivity index (χ3n) is 2.68. The molecule has 0 spiro atoms. The summed E-state index contributed by atoms with van der Waals surface area (Å²) in [5.41, 5.74) is 1.26. The van der Waals surface area contributed by atoms with Gasteiger partial charge in [-0.25, -0.2) is 4.39 Å². The van der Waals surface area contributed by atoms with Crippen molar-refractivity contribution in [3.8, 4) is 22.6 Å². The molecule has 3 nitrogen and oxygen atoms in total. The number of hydrogen-bond donors (Lipinski definition) is 1. The van der Waals surface area contributed by atoms with Gasteiger partial charge >= 0.3 is 0 Å². The smallest absolute Gasteiger partial charge is 0.127 e. The lowest BCUT2D eigenvalue weighted by atomic mass is 10.0. The number of phenols is 1. The van der Waals surface area contributed by atoms with Crippen LogP contribution in [0.15, 0.2) is 42.5 Å². The number of phenolic OH excluding ortho intramolecular Hbond substituents is 1. The van der Waals surface area contributed by atoms with Gasteiger partial charge in [0.05, 0.1) is 6.61 Å². The van der Waals surface area contributed by atoms with E-state index in [-0.39, 0.29) is 5.75 Å². The molecule has 2 rings (SSSR count). The standard InChI is InChI=1S/C15H15FO3/c1-18-8-9-19-15-5-3-2-4-13(15)12-7-6-11(16)10-14(12)17/h2-7,10,17H,8-9H2,1H3. The van der Waals surface area contributed by atoms with Crippen molar-refractivity contribution >= 4 is 0 Å². The minimum atomic E-state index is -0.473. The fraction of sp³-hybridized carbons (Fsp3) is 0.200. The zero-order valence-corrected chi connectivity index (χ0v) is 10.6. The van der Waals surface area contributed by atoms with Crippen molar-refractivity contribution in [1.29, 1.82) is 0 Å². The molecule has 19 heavy (non-hydrogen) atoms. The highest BCUT2D eigenvalue weighted by Crippen LogP contribution is 2.35. The molecule has 0 bridgehead atoms. The lowest BCUT2D eigenvalue weighted by molar-refractivity contribution is 0.146. The molecule has 0 heterocycles. The van der Waals surface area contributed by atoms with Gasteiger partial charge in [-0.3, -0.25) is 0 Å². The maximum atomic E-state index is 13.0. The van der Waals surface area contributed by atoms with Crippen LogP contribution in [0.25, 0.3) is 11.1 Å². The molecule has 0 unspecified atom stereocenters. The average Bonchev–Trinajstić information content (AvgIpc) is 2.40. The molecule has 0 saturated carbocycles. The number of methoxy groups -OCH3 is 1. The van der Waals surface area contributed by atoms with Crippen molar-refractivity contribution in [3.05, 3.63) is 48.3 Å². The molecule has 0 aliphatic carbocycles. The Kier molecular flexibility index (Phi) is 4.36. The van der Waals surface area contributed by atoms with Gasteiger partial charge in [0.1, 0.15) is 23.9 Å². The summed E-state index contributed by atoms with van der Waals surface area (Å²) in [6.07, 6.45) is 0. The number of ether oxygens (including phenoxy) is 2. The van der Waals surface area contributed by atoms with Crippen LogP contribution < -0.4 is 4.74 Å². The van der Waals surface area contributed by atoms with Crippen LogP contribution in [0.3, 0.4) is 0 Å². The van der Waals surface area contributed by atoms with E-state index in [1.54, 1.807) is 13.2 Å². The Morgan fingerprint density at radius 1 is 1.05 bits per heavy atom. The molecule has 0 amide bonds. The Balaban J connectivity index is 2.33. The number of rotatable bonds is 5. The van der Waals surface area contributed by atoms with Crippen molar-refractivity contribution in [2.24, 2.45) is 0 Å². The number of benzene rings is 2. The summed E-state index contributed by atoms with van der Waals surface area (Å²) in [6.45, 7) is 0.888. The summed E-state index contributed by atoms with van der Waals surface area (Å²) in [5.74, 6) is 0.0447. The monoisotopic (exact) mass is 262 g/mol. The fourth-order valence-corrected chi connectivity index (χ4v) is 1.78. The SMILES string of the molecule is COCCOc1ccccc1-c1ccc(F)cc1O. The lowest BCUT2D eigenvalue weighted by Crippen LogP contribution is -2.05. The Hall–Kier alpha value is -2.07. The third kappa shape index (κ3) is 3.23. The summed E-state index contributed by atoms with van der Waals surface area (Å²) < 4.78 is 23.5. The number of halogens is 1. The van der Waals surface area contributed by atoms with Gasteiger partial charge in [-0.2, -0.15) is 0 Å². The molecule has 2 aromatic carbocycles. The van der Waals surface area contributed by atoms with E-state index in [2.05, 4.69) is 0 Å². The highest BCUT2D eigenvalue weighted by atomic mass is 19.1. The van der Waals surface area contributed by atoms with Crippen molar-refractivity contribution < 1.29 is 19.0 Å². The summed E-state index contributed by atoms with van der Waals surface area (Å²) in [5, 5.41) is 9.82. The van der Waals surface area contributed by atoms with Crippen LogP contribution in [0.4, 0.5) is 4.39 Å². The highest BCUT2D eigenvalue weighted by Gasteiger charge is 2.10. The Morgan fingerprint density at radius 3 is 2.58 bits per heavy atom. The van der Waals surface area contributed by atoms with Gasteiger partial charge in [-0.05, 0) is 18.2 Å². The van der Waals surface area contributed by atoms with E-state index < -0.39 is 5.82 Å². The second kappa shape index (κ2) is 6.20. The van der Waals surface area contributed by atoms with Crippen LogP contribution >= 0.6 is 0 Å². The van der Waals surface area contributed by atoms with Gasteiger partial charge in [0.2, 0.25) is 0 Å². The molecule has 0 atom stereocenters. The van der Waals surface area contributed by atoms with E-state index in [0.29, 0.717) is 24.5 Å². The number of para-hydroxylation sites is 1. The van der Waals surface area contributed by atoms with E-state index in [1.165, 1.54) is 12.1 Å². The van der Waals surface area contributed by atoms with Gasteiger partial charge in [0, 0.05) is 24.3 Å². The van der Waals surface area contributed by atoms with E-state index in [9.17, 15) is 9.50 Å². The fourth-order valence-electron chi connectivity index (χ4n) is 1.78. The van der Waals surface area contributed by atoms with Crippen LogP contribution in [0.1, 0.15) is 0 Å².